The molecule has 2 aromatic heterocycles. The lowest BCUT2D eigenvalue weighted by Gasteiger charge is -2.03. The van der Waals surface area contributed by atoms with E-state index in [1.165, 1.54) is 0 Å². The van der Waals surface area contributed by atoms with E-state index < -0.39 is 0 Å². The van der Waals surface area contributed by atoms with Crippen LogP contribution in [0.1, 0.15) is 28.7 Å². The Balaban J connectivity index is 1.54. The second kappa shape index (κ2) is 6.48. The largest absolute Gasteiger partial charge is 0.361 e. The molecule has 26 heavy (non-hydrogen) atoms. The van der Waals surface area contributed by atoms with E-state index in [2.05, 4.69) is 32.0 Å². The Bertz CT molecular complexity index is 1140. The van der Waals surface area contributed by atoms with Gasteiger partial charge in [-0.1, -0.05) is 18.2 Å². The van der Waals surface area contributed by atoms with Gasteiger partial charge >= 0.3 is 0 Å². The van der Waals surface area contributed by atoms with Crippen LogP contribution in [-0.2, 0) is 6.54 Å². The van der Waals surface area contributed by atoms with Gasteiger partial charge < -0.3 is 9.55 Å². The Morgan fingerprint density at radius 1 is 1.31 bits per heavy atom. The van der Waals surface area contributed by atoms with E-state index >= 15 is 0 Å². The van der Waals surface area contributed by atoms with Gasteiger partial charge in [0.1, 0.15) is 5.82 Å². The molecule has 0 saturated carbocycles. The van der Waals surface area contributed by atoms with E-state index in [1.807, 2.05) is 43.5 Å². The van der Waals surface area contributed by atoms with E-state index in [0.29, 0.717) is 5.56 Å². The summed E-state index contributed by atoms with van der Waals surface area (Å²) < 4.78 is 2.12. The number of hydrazone groups is 1. The summed E-state index contributed by atoms with van der Waals surface area (Å²) in [6.45, 7) is 4.89. The number of H-pyrrole nitrogens is 1. The van der Waals surface area contributed by atoms with E-state index in [0.717, 1.165) is 39.9 Å². The number of hydrogen-bond acceptors (Lipinski definition) is 3. The normalized spacial score (nSPS) is 11.6. The lowest BCUT2D eigenvalue weighted by molar-refractivity contribution is 0.0955. The molecule has 2 heterocycles. The number of imidazole rings is 1. The first-order valence-electron chi connectivity index (χ1n) is 8.54. The molecule has 4 aromatic rings. The number of aryl methyl sites for hydroxylation is 2. The molecule has 6 heteroatoms. The van der Waals surface area contributed by atoms with Crippen LogP contribution in [-0.4, -0.2) is 26.7 Å². The van der Waals surface area contributed by atoms with Gasteiger partial charge in [0.15, 0.2) is 0 Å². The minimum Gasteiger partial charge on any atom is -0.361 e. The summed E-state index contributed by atoms with van der Waals surface area (Å²) in [7, 11) is 0. The van der Waals surface area contributed by atoms with Gasteiger partial charge in [-0.3, -0.25) is 4.79 Å². The zero-order valence-corrected chi connectivity index (χ0v) is 14.7. The molecule has 0 bridgehead atoms. The third-order valence-corrected chi connectivity index (χ3v) is 4.51. The van der Waals surface area contributed by atoms with Crippen molar-refractivity contribution >= 4 is 34.1 Å². The molecular weight excluding hydrogens is 326 g/mol. The lowest BCUT2D eigenvalue weighted by Crippen LogP contribution is -2.17. The molecule has 0 unspecified atom stereocenters. The smallest absolute Gasteiger partial charge is 0.271 e. The van der Waals surface area contributed by atoms with Crippen LogP contribution in [0, 0.1) is 6.92 Å². The number of aromatic nitrogens is 3. The van der Waals surface area contributed by atoms with Gasteiger partial charge in [0.05, 0.1) is 17.2 Å². The minimum atomic E-state index is -0.258. The number of para-hydroxylation sites is 1. The SMILES string of the molecule is CCn1c(C)nc2cc(C(=O)N/N=C/c3c[nH]c4ccccc34)ccc21. The van der Waals surface area contributed by atoms with Gasteiger partial charge in [0.2, 0.25) is 0 Å². The zero-order chi connectivity index (χ0) is 18.1. The predicted octanol–water partition coefficient (Wildman–Crippen LogP) is 3.61. The van der Waals surface area contributed by atoms with Crippen LogP contribution in [0.4, 0.5) is 0 Å². The molecule has 130 valence electrons. The summed E-state index contributed by atoms with van der Waals surface area (Å²) in [5, 5.41) is 5.15. The molecule has 0 aliphatic rings. The first kappa shape index (κ1) is 16.1. The first-order chi connectivity index (χ1) is 12.7. The molecule has 6 nitrogen and oxygen atoms in total. The summed E-state index contributed by atoms with van der Waals surface area (Å²) in [5.74, 6) is 0.684. The van der Waals surface area contributed by atoms with Crippen LogP contribution < -0.4 is 5.43 Å². The fourth-order valence-electron chi connectivity index (χ4n) is 3.22. The number of hydrogen-bond donors (Lipinski definition) is 2. The molecule has 0 fully saturated rings. The van der Waals surface area contributed by atoms with Gasteiger partial charge in [-0.15, -0.1) is 0 Å². The highest BCUT2D eigenvalue weighted by molar-refractivity contribution is 6.01. The van der Waals surface area contributed by atoms with E-state index in [-0.39, 0.29) is 5.91 Å². The molecule has 0 aliphatic carbocycles. The van der Waals surface area contributed by atoms with Gasteiger partial charge in [-0.2, -0.15) is 5.10 Å². The molecule has 4 rings (SSSR count). The number of benzene rings is 2. The van der Waals surface area contributed by atoms with Gasteiger partial charge in [0, 0.05) is 34.8 Å². The van der Waals surface area contributed by atoms with E-state index in [9.17, 15) is 4.79 Å². The van der Waals surface area contributed by atoms with Gasteiger partial charge in [0.25, 0.3) is 5.91 Å². The Hall–Kier alpha value is -3.41. The molecule has 2 N–H and O–H groups in total. The van der Waals surface area contributed by atoms with Crippen molar-refractivity contribution in [3.05, 3.63) is 65.6 Å². The summed E-state index contributed by atoms with van der Waals surface area (Å²) in [6.07, 6.45) is 3.51. The quantitative estimate of drug-likeness (QED) is 0.438. The number of carbonyl (C=O) groups excluding carboxylic acids is 1. The number of aromatic amines is 1. The van der Waals surface area contributed by atoms with Crippen molar-refractivity contribution in [3.63, 3.8) is 0 Å². The summed E-state index contributed by atoms with van der Waals surface area (Å²) in [6, 6.07) is 13.5. The van der Waals surface area contributed by atoms with E-state index in [1.54, 1.807) is 18.3 Å². The van der Waals surface area contributed by atoms with Crippen molar-refractivity contribution in [1.82, 2.24) is 20.0 Å². The second-order valence-corrected chi connectivity index (χ2v) is 6.10. The van der Waals surface area contributed by atoms with Crippen LogP contribution in [0.3, 0.4) is 0 Å². The average molecular weight is 345 g/mol. The van der Waals surface area contributed by atoms with Crippen molar-refractivity contribution in [2.75, 3.05) is 0 Å². The molecule has 1 amide bonds. The Kier molecular flexibility index (Phi) is 4.01. The third kappa shape index (κ3) is 2.75. The number of carbonyl (C=O) groups is 1. The molecule has 0 radical (unpaired) electrons. The number of fused-ring (bicyclic) bond motifs is 2. The van der Waals surface area contributed by atoms with Crippen LogP contribution in [0.15, 0.2) is 53.8 Å². The number of rotatable bonds is 4. The minimum absolute atomic E-state index is 0.258. The molecule has 0 atom stereocenters. The number of nitrogens with one attached hydrogen (secondary N) is 2. The molecule has 0 aliphatic heterocycles. The summed E-state index contributed by atoms with van der Waals surface area (Å²) in [5.41, 5.74) is 6.93. The van der Waals surface area contributed by atoms with E-state index in [4.69, 9.17) is 0 Å². The fourth-order valence-corrected chi connectivity index (χ4v) is 3.22. The van der Waals surface area contributed by atoms with Crippen LogP contribution >= 0.6 is 0 Å². The van der Waals surface area contributed by atoms with Gasteiger partial charge in [-0.05, 0) is 38.1 Å². The van der Waals surface area contributed by atoms with Crippen molar-refractivity contribution in [2.24, 2.45) is 5.10 Å². The third-order valence-electron chi connectivity index (χ3n) is 4.51. The summed E-state index contributed by atoms with van der Waals surface area (Å²) >= 11 is 0. The second-order valence-electron chi connectivity index (χ2n) is 6.10. The van der Waals surface area contributed by atoms with Crippen LogP contribution in [0.5, 0.6) is 0 Å². The maximum absolute atomic E-state index is 12.4. The number of nitrogens with zero attached hydrogens (tertiary/aromatic N) is 3. The highest BCUT2D eigenvalue weighted by atomic mass is 16.2. The van der Waals surface area contributed by atoms with Gasteiger partial charge in [-0.25, -0.2) is 10.4 Å². The standard InChI is InChI=1S/C20H19N5O/c1-3-25-13(2)23-18-10-14(8-9-19(18)25)20(26)24-22-12-15-11-21-17-7-5-4-6-16(15)17/h4-12,21H,3H2,1-2H3,(H,24,26)/b22-12+. The van der Waals surface area contributed by atoms with Crippen LogP contribution in [0.25, 0.3) is 21.9 Å². The average Bonchev–Trinajstić information content (AvgIpc) is 3.21. The topological polar surface area (TPSA) is 75.1 Å². The van der Waals surface area contributed by atoms with Crippen molar-refractivity contribution in [1.29, 1.82) is 0 Å². The Morgan fingerprint density at radius 2 is 2.15 bits per heavy atom. The van der Waals surface area contributed by atoms with Crippen molar-refractivity contribution in [3.8, 4) is 0 Å². The Labute approximate surface area is 150 Å². The zero-order valence-electron chi connectivity index (χ0n) is 14.7. The molecule has 0 saturated heterocycles. The molecule has 2 aromatic carbocycles. The maximum atomic E-state index is 12.4. The lowest BCUT2D eigenvalue weighted by atomic mass is 10.2. The predicted molar refractivity (Wildman–Crippen MR) is 104 cm³/mol. The molecule has 0 spiro atoms. The van der Waals surface area contributed by atoms with Crippen molar-refractivity contribution in [2.45, 2.75) is 20.4 Å². The maximum Gasteiger partial charge on any atom is 0.271 e. The molecular formula is C20H19N5O. The highest BCUT2D eigenvalue weighted by Crippen LogP contribution is 2.18. The monoisotopic (exact) mass is 345 g/mol. The Morgan fingerprint density at radius 3 is 3.00 bits per heavy atom. The summed E-state index contributed by atoms with van der Waals surface area (Å²) in [4.78, 5) is 20.1. The van der Waals surface area contributed by atoms with Crippen LogP contribution in [0.2, 0.25) is 0 Å². The van der Waals surface area contributed by atoms with Crippen molar-refractivity contribution < 1.29 is 4.79 Å². The number of amides is 1. The first-order valence-corrected chi connectivity index (χ1v) is 8.54. The highest BCUT2D eigenvalue weighted by Gasteiger charge is 2.10. The fraction of sp³-hybridized carbons (Fsp3) is 0.150.